The summed E-state index contributed by atoms with van der Waals surface area (Å²) in [7, 11) is 0. The number of phenols is 1. The lowest BCUT2D eigenvalue weighted by Gasteiger charge is -2.25. The van der Waals surface area contributed by atoms with Crippen LogP contribution in [-0.4, -0.2) is 37.9 Å². The van der Waals surface area contributed by atoms with E-state index in [1.807, 2.05) is 13.8 Å². The third kappa shape index (κ3) is 4.57. The topological polar surface area (TPSA) is 100.0 Å². The lowest BCUT2D eigenvalue weighted by Crippen LogP contribution is -2.29. The Morgan fingerprint density at radius 3 is 2.48 bits per heavy atom. The van der Waals surface area contributed by atoms with Gasteiger partial charge in [-0.05, 0) is 55.8 Å². The maximum Gasteiger partial charge on any atom is 0.296 e. The summed E-state index contributed by atoms with van der Waals surface area (Å²) in [5, 5.41) is 20.9. The lowest BCUT2D eigenvalue weighted by molar-refractivity contribution is -0.140. The van der Waals surface area contributed by atoms with Crippen LogP contribution in [0.4, 0.5) is 0 Å². The number of amides is 1. The predicted molar refractivity (Wildman–Crippen MR) is 122 cm³/mol. The van der Waals surface area contributed by atoms with Crippen molar-refractivity contribution in [3.05, 3.63) is 95.3 Å². The lowest BCUT2D eigenvalue weighted by atomic mass is 9.95. The van der Waals surface area contributed by atoms with Crippen molar-refractivity contribution in [3.8, 4) is 11.5 Å². The molecule has 1 aliphatic heterocycles. The molecule has 2 heterocycles. The molecule has 3 aromatic rings. The smallest absolute Gasteiger partial charge is 0.296 e. The van der Waals surface area contributed by atoms with Crippen LogP contribution in [-0.2, 0) is 16.1 Å². The number of likely N-dealkylation sites (tertiary alicyclic amines) is 1. The molecule has 2 aromatic carbocycles. The van der Waals surface area contributed by atoms with Gasteiger partial charge in [0.1, 0.15) is 17.3 Å². The van der Waals surface area contributed by atoms with E-state index >= 15 is 0 Å². The molecule has 1 amide bonds. The number of hydrogen-bond acceptors (Lipinski definition) is 6. The van der Waals surface area contributed by atoms with Gasteiger partial charge in [0.25, 0.3) is 11.7 Å². The minimum absolute atomic E-state index is 0.0247. The first kappa shape index (κ1) is 22.1. The number of aromatic nitrogens is 1. The number of carbonyl (C=O) groups excluding carboxylic acids is 2. The van der Waals surface area contributed by atoms with Gasteiger partial charge in [0, 0.05) is 11.8 Å². The number of aliphatic hydroxyl groups excluding tert-OH is 1. The summed E-state index contributed by atoms with van der Waals surface area (Å²) in [5.41, 5.74) is 1.53. The number of Topliss-reactive ketones (excluding diaryl/α,β-unsaturated/α-hetero) is 1. The Morgan fingerprint density at radius 2 is 1.82 bits per heavy atom. The fourth-order valence-corrected chi connectivity index (χ4v) is 3.86. The number of pyridine rings is 1. The fraction of sp³-hybridized carbons (Fsp3) is 0.192. The zero-order chi connectivity index (χ0) is 23.5. The van der Waals surface area contributed by atoms with Gasteiger partial charge in [0.15, 0.2) is 0 Å². The molecule has 7 nitrogen and oxygen atoms in total. The summed E-state index contributed by atoms with van der Waals surface area (Å²) < 4.78 is 5.71. The van der Waals surface area contributed by atoms with Crippen molar-refractivity contribution in [3.63, 3.8) is 0 Å². The van der Waals surface area contributed by atoms with Crippen LogP contribution < -0.4 is 4.74 Å². The number of benzene rings is 2. The van der Waals surface area contributed by atoms with Crippen LogP contribution in [0.5, 0.6) is 11.5 Å². The van der Waals surface area contributed by atoms with Crippen LogP contribution in [0.1, 0.15) is 36.7 Å². The number of aromatic hydroxyl groups is 1. The van der Waals surface area contributed by atoms with Gasteiger partial charge >= 0.3 is 0 Å². The van der Waals surface area contributed by atoms with Crippen molar-refractivity contribution in [2.45, 2.75) is 32.5 Å². The third-order valence-corrected chi connectivity index (χ3v) is 5.29. The van der Waals surface area contributed by atoms with Gasteiger partial charge < -0.3 is 19.8 Å². The van der Waals surface area contributed by atoms with E-state index in [1.54, 1.807) is 60.8 Å². The van der Waals surface area contributed by atoms with Crippen molar-refractivity contribution >= 4 is 17.4 Å². The zero-order valence-corrected chi connectivity index (χ0v) is 18.3. The summed E-state index contributed by atoms with van der Waals surface area (Å²) in [6, 6.07) is 17.5. The van der Waals surface area contributed by atoms with Crippen LogP contribution in [0.25, 0.3) is 5.76 Å². The number of nitrogens with zero attached hydrogens (tertiary/aromatic N) is 2. The van der Waals surface area contributed by atoms with Gasteiger partial charge in [-0.3, -0.25) is 14.6 Å². The highest BCUT2D eigenvalue weighted by atomic mass is 16.5. The van der Waals surface area contributed by atoms with E-state index in [0.29, 0.717) is 22.6 Å². The molecule has 0 spiro atoms. The van der Waals surface area contributed by atoms with Gasteiger partial charge in [0.05, 0.1) is 30.0 Å². The summed E-state index contributed by atoms with van der Waals surface area (Å²) in [6.45, 7) is 3.87. The van der Waals surface area contributed by atoms with Crippen molar-refractivity contribution in [2.24, 2.45) is 0 Å². The van der Waals surface area contributed by atoms with E-state index in [2.05, 4.69) is 4.98 Å². The highest BCUT2D eigenvalue weighted by Gasteiger charge is 2.46. The van der Waals surface area contributed by atoms with Crippen LogP contribution >= 0.6 is 0 Å². The van der Waals surface area contributed by atoms with Crippen molar-refractivity contribution < 1.29 is 24.5 Å². The van der Waals surface area contributed by atoms with E-state index in [4.69, 9.17) is 4.74 Å². The quantitative estimate of drug-likeness (QED) is 0.336. The summed E-state index contributed by atoms with van der Waals surface area (Å²) in [5.74, 6) is -1.20. The minimum atomic E-state index is -0.845. The van der Waals surface area contributed by atoms with Gasteiger partial charge in [-0.2, -0.15) is 0 Å². The number of hydrogen-bond donors (Lipinski definition) is 2. The Balaban J connectivity index is 1.83. The standard InChI is InChI=1S/C26H24N2O5/c1-16(2)33-21-8-5-6-18(14-21)24(30)22-23(17-9-11-20(29)12-10-17)28(26(32)25(22)31)15-19-7-3-4-13-27-19/h3-14,16,23,29-30H,15H2,1-2H3/b24-22-. The summed E-state index contributed by atoms with van der Waals surface area (Å²) in [6.07, 6.45) is 1.55. The highest BCUT2D eigenvalue weighted by Crippen LogP contribution is 2.40. The average molecular weight is 444 g/mol. The molecule has 168 valence electrons. The number of phenolic OH excluding ortho intramolecular Hbond substituents is 1. The Labute approximate surface area is 191 Å². The number of rotatable bonds is 6. The second-order valence-electron chi connectivity index (χ2n) is 8.03. The molecule has 1 fully saturated rings. The molecule has 1 aromatic heterocycles. The number of carbonyl (C=O) groups is 2. The van der Waals surface area contributed by atoms with E-state index in [1.165, 1.54) is 17.0 Å². The first-order valence-electron chi connectivity index (χ1n) is 10.6. The Morgan fingerprint density at radius 1 is 1.06 bits per heavy atom. The monoisotopic (exact) mass is 444 g/mol. The molecule has 0 bridgehead atoms. The van der Waals surface area contributed by atoms with Crippen molar-refractivity contribution in [1.82, 2.24) is 9.88 Å². The Kier molecular flexibility index (Phi) is 6.13. The normalized spacial score (nSPS) is 17.5. The molecule has 1 unspecified atom stereocenters. The maximum absolute atomic E-state index is 13.1. The molecule has 0 radical (unpaired) electrons. The highest BCUT2D eigenvalue weighted by molar-refractivity contribution is 6.46. The van der Waals surface area contributed by atoms with Crippen LogP contribution in [0.15, 0.2) is 78.5 Å². The molecule has 0 aliphatic carbocycles. The largest absolute Gasteiger partial charge is 0.508 e. The predicted octanol–water partition coefficient (Wildman–Crippen LogP) is 4.20. The molecule has 0 saturated carbocycles. The van der Waals surface area contributed by atoms with Gasteiger partial charge in [-0.15, -0.1) is 0 Å². The minimum Gasteiger partial charge on any atom is -0.508 e. The first-order valence-corrected chi connectivity index (χ1v) is 10.6. The number of ether oxygens (including phenoxy) is 1. The second kappa shape index (κ2) is 9.16. The zero-order valence-electron chi connectivity index (χ0n) is 18.3. The van der Waals surface area contributed by atoms with E-state index in [-0.39, 0.29) is 29.7 Å². The number of ketones is 1. The molecular formula is C26H24N2O5. The van der Waals surface area contributed by atoms with Crippen LogP contribution in [0.3, 0.4) is 0 Å². The second-order valence-corrected chi connectivity index (χ2v) is 8.03. The van der Waals surface area contributed by atoms with Crippen LogP contribution in [0.2, 0.25) is 0 Å². The average Bonchev–Trinajstić information content (AvgIpc) is 3.04. The molecule has 1 atom stereocenters. The van der Waals surface area contributed by atoms with E-state index in [9.17, 15) is 19.8 Å². The van der Waals surface area contributed by atoms with E-state index in [0.717, 1.165) is 0 Å². The Bertz CT molecular complexity index is 1200. The van der Waals surface area contributed by atoms with Gasteiger partial charge in [-0.25, -0.2) is 0 Å². The number of aliphatic hydroxyl groups is 1. The molecule has 2 N–H and O–H groups in total. The molecular weight excluding hydrogens is 420 g/mol. The van der Waals surface area contributed by atoms with Crippen LogP contribution in [0, 0.1) is 0 Å². The molecule has 7 heteroatoms. The van der Waals surface area contributed by atoms with Gasteiger partial charge in [0.2, 0.25) is 0 Å². The third-order valence-electron chi connectivity index (χ3n) is 5.29. The molecule has 4 rings (SSSR count). The first-order chi connectivity index (χ1) is 15.8. The Hall–Kier alpha value is -4.13. The van der Waals surface area contributed by atoms with Gasteiger partial charge in [-0.1, -0.05) is 30.3 Å². The molecule has 33 heavy (non-hydrogen) atoms. The van der Waals surface area contributed by atoms with Crippen molar-refractivity contribution in [1.29, 1.82) is 0 Å². The summed E-state index contributed by atoms with van der Waals surface area (Å²) >= 11 is 0. The van der Waals surface area contributed by atoms with E-state index < -0.39 is 17.7 Å². The fourth-order valence-electron chi connectivity index (χ4n) is 3.86. The summed E-state index contributed by atoms with van der Waals surface area (Å²) in [4.78, 5) is 31.8. The SMILES string of the molecule is CC(C)Oc1cccc(/C(O)=C2/C(=O)C(=O)N(Cc3ccccn3)C2c2ccc(O)cc2)c1. The molecule has 1 aliphatic rings. The molecule has 1 saturated heterocycles. The maximum atomic E-state index is 13.1. The van der Waals surface area contributed by atoms with Crippen molar-refractivity contribution in [2.75, 3.05) is 0 Å².